The highest BCUT2D eigenvalue weighted by atomic mass is 32.1. The van der Waals surface area contributed by atoms with E-state index < -0.39 is 0 Å². The fourth-order valence-corrected chi connectivity index (χ4v) is 3.23. The second-order valence-electron chi connectivity index (χ2n) is 5.88. The molecule has 21 heavy (non-hydrogen) atoms. The molecule has 0 aromatic heterocycles. The minimum Gasteiger partial charge on any atom is -0.389 e. The van der Waals surface area contributed by atoms with E-state index in [0.717, 1.165) is 18.7 Å². The summed E-state index contributed by atoms with van der Waals surface area (Å²) in [5.41, 5.74) is 10.7. The standard InChI is InChI=1S/C18H20N2S/c1-13-9-15-6-2-3-8-17(15)20(11-13)12-14-5-4-7-16(10-14)18(19)21/h2-8,10,13H,9,11-12H2,1H3,(H2,19,21). The van der Waals surface area contributed by atoms with Crippen LogP contribution in [0.1, 0.15) is 23.6 Å². The van der Waals surface area contributed by atoms with E-state index in [0.29, 0.717) is 10.9 Å². The maximum atomic E-state index is 5.73. The second kappa shape index (κ2) is 5.86. The highest BCUT2D eigenvalue weighted by Crippen LogP contribution is 2.30. The van der Waals surface area contributed by atoms with Crippen LogP contribution >= 0.6 is 12.2 Å². The van der Waals surface area contributed by atoms with Crippen molar-refractivity contribution in [1.29, 1.82) is 0 Å². The van der Waals surface area contributed by atoms with Crippen molar-refractivity contribution in [2.45, 2.75) is 19.9 Å². The predicted molar refractivity (Wildman–Crippen MR) is 92.7 cm³/mol. The van der Waals surface area contributed by atoms with Crippen molar-refractivity contribution in [3.63, 3.8) is 0 Å². The summed E-state index contributed by atoms with van der Waals surface area (Å²) in [6, 6.07) is 17.0. The van der Waals surface area contributed by atoms with Gasteiger partial charge in [0.1, 0.15) is 4.99 Å². The summed E-state index contributed by atoms with van der Waals surface area (Å²) < 4.78 is 0. The van der Waals surface area contributed by atoms with Gasteiger partial charge in [0.2, 0.25) is 0 Å². The molecule has 2 N–H and O–H groups in total. The Kier molecular flexibility index (Phi) is 3.93. The van der Waals surface area contributed by atoms with E-state index in [9.17, 15) is 0 Å². The third-order valence-corrected chi connectivity index (χ3v) is 4.25. The highest BCUT2D eigenvalue weighted by molar-refractivity contribution is 7.80. The third kappa shape index (κ3) is 3.08. The zero-order chi connectivity index (χ0) is 14.8. The van der Waals surface area contributed by atoms with Gasteiger partial charge in [-0.2, -0.15) is 0 Å². The number of para-hydroxylation sites is 1. The Hall–Kier alpha value is -1.87. The van der Waals surface area contributed by atoms with Crippen molar-refractivity contribution in [3.05, 3.63) is 65.2 Å². The first-order valence-electron chi connectivity index (χ1n) is 7.35. The van der Waals surface area contributed by atoms with Gasteiger partial charge in [0, 0.05) is 24.3 Å². The van der Waals surface area contributed by atoms with Crippen molar-refractivity contribution in [2.24, 2.45) is 11.7 Å². The van der Waals surface area contributed by atoms with E-state index in [1.165, 1.54) is 23.2 Å². The first-order valence-corrected chi connectivity index (χ1v) is 7.76. The molecule has 0 radical (unpaired) electrons. The Morgan fingerprint density at radius 3 is 2.86 bits per heavy atom. The zero-order valence-electron chi connectivity index (χ0n) is 12.3. The molecule has 3 heteroatoms. The van der Waals surface area contributed by atoms with Gasteiger partial charge in [-0.3, -0.25) is 0 Å². The Bertz CT molecular complexity index is 666. The normalized spacial score (nSPS) is 17.4. The third-order valence-electron chi connectivity index (χ3n) is 4.02. The molecule has 1 atom stereocenters. The quantitative estimate of drug-likeness (QED) is 0.879. The zero-order valence-corrected chi connectivity index (χ0v) is 13.1. The van der Waals surface area contributed by atoms with Crippen LogP contribution in [0.2, 0.25) is 0 Å². The monoisotopic (exact) mass is 296 g/mol. The van der Waals surface area contributed by atoms with Gasteiger partial charge in [-0.1, -0.05) is 55.5 Å². The molecule has 2 aromatic rings. The SMILES string of the molecule is CC1Cc2ccccc2N(Cc2cccc(C(N)=S)c2)C1. The summed E-state index contributed by atoms with van der Waals surface area (Å²) in [5.74, 6) is 0.679. The average molecular weight is 296 g/mol. The smallest absolute Gasteiger partial charge is 0.103 e. The van der Waals surface area contributed by atoms with Crippen LogP contribution in [-0.2, 0) is 13.0 Å². The minimum absolute atomic E-state index is 0.462. The molecule has 3 rings (SSSR count). The average Bonchev–Trinajstić information content (AvgIpc) is 2.47. The van der Waals surface area contributed by atoms with Crippen molar-refractivity contribution in [1.82, 2.24) is 0 Å². The first-order chi connectivity index (χ1) is 10.1. The number of fused-ring (bicyclic) bond motifs is 1. The summed E-state index contributed by atoms with van der Waals surface area (Å²) >= 11 is 5.07. The number of rotatable bonds is 3. The van der Waals surface area contributed by atoms with E-state index in [4.69, 9.17) is 18.0 Å². The number of benzene rings is 2. The molecule has 1 aliphatic heterocycles. The Labute approximate surface area is 131 Å². The molecule has 1 heterocycles. The van der Waals surface area contributed by atoms with Crippen LogP contribution in [0.5, 0.6) is 0 Å². The first kappa shape index (κ1) is 14.1. The maximum absolute atomic E-state index is 5.73. The summed E-state index contributed by atoms with van der Waals surface area (Å²) in [4.78, 5) is 2.92. The van der Waals surface area contributed by atoms with Crippen molar-refractivity contribution in [3.8, 4) is 0 Å². The molecule has 0 saturated heterocycles. The molecule has 0 fully saturated rings. The van der Waals surface area contributed by atoms with Crippen LogP contribution in [0, 0.1) is 5.92 Å². The van der Waals surface area contributed by atoms with Gasteiger partial charge in [-0.15, -0.1) is 0 Å². The lowest BCUT2D eigenvalue weighted by Crippen LogP contribution is -2.33. The second-order valence-corrected chi connectivity index (χ2v) is 6.32. The maximum Gasteiger partial charge on any atom is 0.103 e. The van der Waals surface area contributed by atoms with Gasteiger partial charge < -0.3 is 10.6 Å². The Morgan fingerprint density at radius 2 is 2.05 bits per heavy atom. The molecule has 2 nitrogen and oxygen atoms in total. The predicted octanol–water partition coefficient (Wildman–Crippen LogP) is 3.52. The molecule has 2 aromatic carbocycles. The minimum atomic E-state index is 0.462. The highest BCUT2D eigenvalue weighted by Gasteiger charge is 2.21. The fraction of sp³-hybridized carbons (Fsp3) is 0.278. The molecule has 0 amide bonds. The molecule has 108 valence electrons. The van der Waals surface area contributed by atoms with E-state index in [-0.39, 0.29) is 0 Å². The molecule has 1 unspecified atom stereocenters. The van der Waals surface area contributed by atoms with E-state index in [1.807, 2.05) is 12.1 Å². The van der Waals surface area contributed by atoms with Gasteiger partial charge in [0.05, 0.1) is 0 Å². The van der Waals surface area contributed by atoms with Gasteiger partial charge in [-0.25, -0.2) is 0 Å². The van der Waals surface area contributed by atoms with Crippen LogP contribution in [-0.4, -0.2) is 11.5 Å². The number of nitrogens with two attached hydrogens (primary N) is 1. The Balaban J connectivity index is 1.88. The van der Waals surface area contributed by atoms with E-state index in [2.05, 4.69) is 48.2 Å². The molecule has 0 saturated carbocycles. The lowest BCUT2D eigenvalue weighted by Gasteiger charge is -2.35. The summed E-state index contributed by atoms with van der Waals surface area (Å²) in [5, 5.41) is 0. The molecule has 0 bridgehead atoms. The van der Waals surface area contributed by atoms with Gasteiger partial charge >= 0.3 is 0 Å². The molecule has 0 aliphatic carbocycles. The number of hydrogen-bond donors (Lipinski definition) is 1. The number of anilines is 1. The summed E-state index contributed by atoms with van der Waals surface area (Å²) in [6.45, 7) is 4.31. The van der Waals surface area contributed by atoms with Crippen LogP contribution in [0.3, 0.4) is 0 Å². The molecule has 0 spiro atoms. The van der Waals surface area contributed by atoms with Crippen LogP contribution in [0.4, 0.5) is 5.69 Å². The summed E-state index contributed by atoms with van der Waals surface area (Å²) in [6.07, 6.45) is 1.17. The van der Waals surface area contributed by atoms with Crippen molar-refractivity contribution < 1.29 is 0 Å². The number of thiocarbonyl (C=S) groups is 1. The molecular weight excluding hydrogens is 276 g/mol. The van der Waals surface area contributed by atoms with E-state index >= 15 is 0 Å². The van der Waals surface area contributed by atoms with Gasteiger partial charge in [-0.05, 0) is 35.6 Å². The number of hydrogen-bond acceptors (Lipinski definition) is 2. The van der Waals surface area contributed by atoms with Crippen molar-refractivity contribution >= 4 is 22.9 Å². The topological polar surface area (TPSA) is 29.3 Å². The van der Waals surface area contributed by atoms with Crippen molar-refractivity contribution in [2.75, 3.05) is 11.4 Å². The molecule has 1 aliphatic rings. The largest absolute Gasteiger partial charge is 0.389 e. The van der Waals surface area contributed by atoms with Gasteiger partial charge in [0.15, 0.2) is 0 Å². The van der Waals surface area contributed by atoms with Crippen LogP contribution in [0.25, 0.3) is 0 Å². The van der Waals surface area contributed by atoms with Crippen LogP contribution < -0.4 is 10.6 Å². The number of nitrogens with zero attached hydrogens (tertiary/aromatic N) is 1. The molecular formula is C18H20N2S. The summed E-state index contributed by atoms with van der Waals surface area (Å²) in [7, 11) is 0. The lowest BCUT2D eigenvalue weighted by atomic mass is 9.93. The van der Waals surface area contributed by atoms with Crippen LogP contribution in [0.15, 0.2) is 48.5 Å². The van der Waals surface area contributed by atoms with Gasteiger partial charge in [0.25, 0.3) is 0 Å². The van der Waals surface area contributed by atoms with E-state index in [1.54, 1.807) is 0 Å². The lowest BCUT2D eigenvalue weighted by molar-refractivity contribution is 0.530. The fourth-order valence-electron chi connectivity index (χ4n) is 3.10. The Morgan fingerprint density at radius 1 is 1.24 bits per heavy atom.